The normalized spacial score (nSPS) is 10.1. The van der Waals surface area contributed by atoms with Crippen LogP contribution in [-0.2, 0) is 11.3 Å². The van der Waals surface area contributed by atoms with Crippen LogP contribution in [0.15, 0.2) is 18.9 Å². The molecule has 9 nitrogen and oxygen atoms in total. The summed E-state index contributed by atoms with van der Waals surface area (Å²) >= 11 is 0. The highest BCUT2D eigenvalue weighted by Gasteiger charge is 2.07. The van der Waals surface area contributed by atoms with Gasteiger partial charge in [0.15, 0.2) is 5.69 Å². The maximum atomic E-state index is 11.4. The van der Waals surface area contributed by atoms with Gasteiger partial charge < -0.3 is 20.5 Å². The standard InChI is InChI=1S/C12H19N5O4/c1-2-3-7-21-8-5-14-12(20)13-4-6-17-9-10(11(18)19)15-16-17/h2,9H,1,3-8H2,(H,18,19)(H2,13,14,20). The second-order valence-corrected chi connectivity index (χ2v) is 4.04. The summed E-state index contributed by atoms with van der Waals surface area (Å²) < 4.78 is 6.58. The van der Waals surface area contributed by atoms with Gasteiger partial charge in [-0.3, -0.25) is 0 Å². The lowest BCUT2D eigenvalue weighted by Crippen LogP contribution is -2.38. The van der Waals surface area contributed by atoms with Crippen LogP contribution in [0.4, 0.5) is 4.79 Å². The van der Waals surface area contributed by atoms with Gasteiger partial charge in [-0.1, -0.05) is 11.3 Å². The van der Waals surface area contributed by atoms with Crippen molar-refractivity contribution in [3.05, 3.63) is 24.5 Å². The third-order valence-electron chi connectivity index (χ3n) is 2.38. The van der Waals surface area contributed by atoms with Crippen LogP contribution in [-0.4, -0.2) is 58.4 Å². The lowest BCUT2D eigenvalue weighted by molar-refractivity contribution is 0.0690. The van der Waals surface area contributed by atoms with Crippen molar-refractivity contribution in [2.75, 3.05) is 26.3 Å². The molecule has 1 aromatic heterocycles. The van der Waals surface area contributed by atoms with E-state index in [2.05, 4.69) is 27.5 Å². The van der Waals surface area contributed by atoms with E-state index >= 15 is 0 Å². The molecule has 3 N–H and O–H groups in total. The molecule has 0 spiro atoms. The number of rotatable bonds is 10. The summed E-state index contributed by atoms with van der Waals surface area (Å²) in [6.45, 7) is 5.66. The van der Waals surface area contributed by atoms with E-state index in [0.717, 1.165) is 6.42 Å². The molecule has 0 aliphatic carbocycles. The number of ether oxygens (including phenoxy) is 1. The molecule has 0 fully saturated rings. The first-order valence-electron chi connectivity index (χ1n) is 6.47. The SMILES string of the molecule is C=CCCOCCNC(=O)NCCn1cc(C(=O)O)nn1. The molecule has 9 heteroatoms. The molecule has 0 saturated carbocycles. The van der Waals surface area contributed by atoms with Gasteiger partial charge in [0.05, 0.1) is 26.0 Å². The summed E-state index contributed by atoms with van der Waals surface area (Å²) in [4.78, 5) is 22.0. The number of aromatic nitrogens is 3. The number of carbonyl (C=O) groups is 2. The topological polar surface area (TPSA) is 118 Å². The highest BCUT2D eigenvalue weighted by Crippen LogP contribution is 1.91. The molecule has 1 rings (SSSR count). The lowest BCUT2D eigenvalue weighted by Gasteiger charge is -2.07. The Bertz CT molecular complexity index is 474. The molecule has 0 saturated heterocycles. The van der Waals surface area contributed by atoms with Crippen LogP contribution in [0.1, 0.15) is 16.9 Å². The van der Waals surface area contributed by atoms with Crippen molar-refractivity contribution in [3.63, 3.8) is 0 Å². The Kier molecular flexibility index (Phi) is 7.51. The predicted molar refractivity (Wildman–Crippen MR) is 74.0 cm³/mol. The van der Waals surface area contributed by atoms with Gasteiger partial charge in [0, 0.05) is 13.1 Å². The van der Waals surface area contributed by atoms with Crippen LogP contribution >= 0.6 is 0 Å². The predicted octanol–water partition coefficient (Wildman–Crippen LogP) is -0.132. The molecule has 0 atom stereocenters. The van der Waals surface area contributed by atoms with Crippen molar-refractivity contribution >= 4 is 12.0 Å². The number of hydrogen-bond donors (Lipinski definition) is 3. The molecule has 116 valence electrons. The summed E-state index contributed by atoms with van der Waals surface area (Å²) in [5.74, 6) is -1.14. The molecule has 0 aromatic carbocycles. The van der Waals surface area contributed by atoms with E-state index in [-0.39, 0.29) is 11.7 Å². The Morgan fingerprint density at radius 2 is 2.14 bits per heavy atom. The van der Waals surface area contributed by atoms with E-state index in [1.807, 2.05) is 0 Å². The van der Waals surface area contributed by atoms with Crippen molar-refractivity contribution in [1.29, 1.82) is 0 Å². The molecule has 1 aromatic rings. The van der Waals surface area contributed by atoms with Crippen molar-refractivity contribution in [3.8, 4) is 0 Å². The van der Waals surface area contributed by atoms with Crippen molar-refractivity contribution < 1.29 is 19.4 Å². The lowest BCUT2D eigenvalue weighted by atomic mass is 10.4. The Morgan fingerprint density at radius 1 is 1.38 bits per heavy atom. The minimum absolute atomic E-state index is 0.129. The second-order valence-electron chi connectivity index (χ2n) is 4.04. The fourth-order valence-corrected chi connectivity index (χ4v) is 1.36. The van der Waals surface area contributed by atoms with Crippen molar-refractivity contribution in [2.45, 2.75) is 13.0 Å². The van der Waals surface area contributed by atoms with Crippen LogP contribution in [0.2, 0.25) is 0 Å². The van der Waals surface area contributed by atoms with E-state index in [1.54, 1.807) is 6.08 Å². The molecule has 0 aliphatic rings. The van der Waals surface area contributed by atoms with Gasteiger partial charge >= 0.3 is 12.0 Å². The number of hydrogen-bond acceptors (Lipinski definition) is 5. The first-order valence-corrected chi connectivity index (χ1v) is 6.47. The molecular weight excluding hydrogens is 278 g/mol. The number of nitrogens with zero attached hydrogens (tertiary/aromatic N) is 3. The Morgan fingerprint density at radius 3 is 2.81 bits per heavy atom. The number of carbonyl (C=O) groups excluding carboxylic acids is 1. The molecule has 0 aliphatic heterocycles. The summed E-state index contributed by atoms with van der Waals surface area (Å²) in [5.41, 5.74) is -0.129. The number of nitrogens with one attached hydrogen (secondary N) is 2. The number of amides is 2. The summed E-state index contributed by atoms with van der Waals surface area (Å²) in [5, 5.41) is 21.0. The molecule has 1 heterocycles. The van der Waals surface area contributed by atoms with Gasteiger partial charge in [-0.2, -0.15) is 0 Å². The molecule has 2 amide bonds. The van der Waals surface area contributed by atoms with Crippen LogP contribution in [0, 0.1) is 0 Å². The van der Waals surface area contributed by atoms with E-state index in [9.17, 15) is 9.59 Å². The monoisotopic (exact) mass is 297 g/mol. The average molecular weight is 297 g/mol. The quantitative estimate of drug-likeness (QED) is 0.409. The largest absolute Gasteiger partial charge is 0.476 e. The Labute approximate surface area is 122 Å². The van der Waals surface area contributed by atoms with E-state index in [1.165, 1.54) is 10.9 Å². The number of carboxylic acid groups (broad SMARTS) is 1. The third kappa shape index (κ3) is 7.06. The molecule has 0 radical (unpaired) electrons. The van der Waals surface area contributed by atoms with E-state index in [0.29, 0.717) is 32.8 Å². The maximum absolute atomic E-state index is 11.4. The van der Waals surface area contributed by atoms with Crippen molar-refractivity contribution in [2.24, 2.45) is 0 Å². The molecule has 0 unspecified atom stereocenters. The third-order valence-corrected chi connectivity index (χ3v) is 2.38. The van der Waals surface area contributed by atoms with Crippen LogP contribution in [0.5, 0.6) is 0 Å². The van der Waals surface area contributed by atoms with Crippen molar-refractivity contribution in [1.82, 2.24) is 25.6 Å². The molecule has 21 heavy (non-hydrogen) atoms. The van der Waals surface area contributed by atoms with Gasteiger partial charge in [0.1, 0.15) is 0 Å². The zero-order chi connectivity index (χ0) is 15.5. The average Bonchev–Trinajstić information content (AvgIpc) is 2.92. The minimum atomic E-state index is -1.14. The van der Waals surface area contributed by atoms with Gasteiger partial charge in [0.25, 0.3) is 0 Å². The van der Waals surface area contributed by atoms with Gasteiger partial charge in [-0.05, 0) is 6.42 Å². The highest BCUT2D eigenvalue weighted by molar-refractivity contribution is 5.84. The summed E-state index contributed by atoms with van der Waals surface area (Å²) in [6.07, 6.45) is 3.85. The first kappa shape index (κ1) is 16.6. The van der Waals surface area contributed by atoms with Gasteiger partial charge in [0.2, 0.25) is 0 Å². The molecular formula is C12H19N5O4. The fourth-order valence-electron chi connectivity index (χ4n) is 1.36. The van der Waals surface area contributed by atoms with E-state index in [4.69, 9.17) is 9.84 Å². The van der Waals surface area contributed by atoms with E-state index < -0.39 is 5.97 Å². The van der Waals surface area contributed by atoms with Crippen LogP contribution in [0.25, 0.3) is 0 Å². The highest BCUT2D eigenvalue weighted by atomic mass is 16.5. The zero-order valence-electron chi connectivity index (χ0n) is 11.6. The number of carboxylic acids is 1. The maximum Gasteiger partial charge on any atom is 0.358 e. The van der Waals surface area contributed by atoms with Gasteiger partial charge in [-0.25, -0.2) is 14.3 Å². The van der Waals surface area contributed by atoms with Crippen LogP contribution < -0.4 is 10.6 Å². The molecule has 0 bridgehead atoms. The first-order chi connectivity index (χ1) is 10.1. The smallest absolute Gasteiger partial charge is 0.358 e. The second kappa shape index (κ2) is 9.48. The number of aromatic carboxylic acids is 1. The van der Waals surface area contributed by atoms with Crippen LogP contribution in [0.3, 0.4) is 0 Å². The zero-order valence-corrected chi connectivity index (χ0v) is 11.6. The summed E-state index contributed by atoms with van der Waals surface area (Å²) in [7, 11) is 0. The Balaban J connectivity index is 2.07. The fraction of sp³-hybridized carbons (Fsp3) is 0.500. The number of urea groups is 1. The summed E-state index contributed by atoms with van der Waals surface area (Å²) in [6, 6.07) is -0.319. The minimum Gasteiger partial charge on any atom is -0.476 e. The Hall–Kier alpha value is -2.42. The van der Waals surface area contributed by atoms with Gasteiger partial charge in [-0.15, -0.1) is 11.7 Å².